The summed E-state index contributed by atoms with van der Waals surface area (Å²) in [6.07, 6.45) is 0.901. The summed E-state index contributed by atoms with van der Waals surface area (Å²) in [5, 5.41) is 0. The summed E-state index contributed by atoms with van der Waals surface area (Å²) in [6, 6.07) is 6.40. The summed E-state index contributed by atoms with van der Waals surface area (Å²) in [5.41, 5.74) is 7.33. The van der Waals surface area contributed by atoms with E-state index in [0.717, 1.165) is 43.1 Å². The zero-order valence-electron chi connectivity index (χ0n) is 18.3. The van der Waals surface area contributed by atoms with Gasteiger partial charge in [0, 0.05) is 37.4 Å². The van der Waals surface area contributed by atoms with Crippen LogP contribution in [0.3, 0.4) is 0 Å². The van der Waals surface area contributed by atoms with Crippen molar-refractivity contribution in [3.8, 4) is 5.75 Å². The van der Waals surface area contributed by atoms with Crippen molar-refractivity contribution in [1.29, 1.82) is 0 Å². The Hall–Kier alpha value is -1.79. The summed E-state index contributed by atoms with van der Waals surface area (Å²) in [5.74, 6) is 0.764. The van der Waals surface area contributed by atoms with Gasteiger partial charge in [-0.15, -0.1) is 0 Å². The number of carbonyl (C=O) groups excluding carboxylic acids is 1. The Morgan fingerprint density at radius 1 is 1.21 bits per heavy atom. The molecule has 0 amide bonds. The molecule has 0 saturated carbocycles. The quantitative estimate of drug-likeness (QED) is 0.569. The predicted molar refractivity (Wildman–Crippen MR) is 114 cm³/mol. The summed E-state index contributed by atoms with van der Waals surface area (Å²) < 4.78 is 11.5. The van der Waals surface area contributed by atoms with Crippen molar-refractivity contribution >= 4 is 11.7 Å². The fraction of sp³-hybridized carbons (Fsp3) is 0.682. The highest BCUT2D eigenvalue weighted by Crippen LogP contribution is 2.22. The number of nitrogens with zero attached hydrogens (tertiary/aromatic N) is 2. The number of benzene rings is 1. The number of ether oxygens (including phenoxy) is 2. The van der Waals surface area contributed by atoms with Gasteiger partial charge < -0.3 is 15.2 Å². The standard InChI is InChI=1S/C22H37N3O3/c1-7-18-12-19(23)8-9-20(18)27-11-10-24-13-16(2)25(17(3)14-24)15-21(26)28-22(4,5)6/h8-9,12,16-17H,7,10-11,13-15,23H2,1-6H3/t16-,17+. The Kier molecular flexibility index (Phi) is 7.72. The van der Waals surface area contributed by atoms with Gasteiger partial charge in [-0.25, -0.2) is 0 Å². The number of hydrogen-bond acceptors (Lipinski definition) is 6. The molecule has 0 unspecified atom stereocenters. The summed E-state index contributed by atoms with van der Waals surface area (Å²) in [6.45, 7) is 15.8. The number of aryl methyl sites for hydroxylation is 1. The fourth-order valence-electron chi connectivity index (χ4n) is 3.78. The first-order chi connectivity index (χ1) is 13.1. The monoisotopic (exact) mass is 391 g/mol. The number of nitrogens with two attached hydrogens (primary N) is 1. The van der Waals surface area contributed by atoms with Crippen molar-refractivity contribution in [3.05, 3.63) is 23.8 Å². The van der Waals surface area contributed by atoms with Crippen LogP contribution in [0.1, 0.15) is 47.1 Å². The van der Waals surface area contributed by atoms with Crippen LogP contribution in [-0.2, 0) is 16.0 Å². The minimum atomic E-state index is -0.442. The van der Waals surface area contributed by atoms with E-state index < -0.39 is 5.60 Å². The van der Waals surface area contributed by atoms with Crippen LogP contribution >= 0.6 is 0 Å². The van der Waals surface area contributed by atoms with E-state index in [9.17, 15) is 4.79 Å². The normalized spacial score (nSPS) is 21.5. The number of carbonyl (C=O) groups is 1. The summed E-state index contributed by atoms with van der Waals surface area (Å²) in [4.78, 5) is 16.8. The molecule has 1 saturated heterocycles. The molecule has 0 spiro atoms. The third-order valence-electron chi connectivity index (χ3n) is 5.04. The number of anilines is 1. The van der Waals surface area contributed by atoms with Gasteiger partial charge >= 0.3 is 5.97 Å². The van der Waals surface area contributed by atoms with Crippen LogP contribution in [-0.4, -0.2) is 66.2 Å². The highest BCUT2D eigenvalue weighted by molar-refractivity contribution is 5.72. The Bertz CT molecular complexity index is 645. The Morgan fingerprint density at radius 3 is 2.43 bits per heavy atom. The van der Waals surface area contributed by atoms with E-state index in [0.29, 0.717) is 25.2 Å². The first kappa shape index (κ1) is 22.5. The Labute approximate surface area is 170 Å². The van der Waals surface area contributed by atoms with E-state index in [2.05, 4.69) is 30.6 Å². The smallest absolute Gasteiger partial charge is 0.320 e. The zero-order chi connectivity index (χ0) is 20.9. The molecule has 2 atom stereocenters. The predicted octanol–water partition coefficient (Wildman–Crippen LogP) is 2.95. The van der Waals surface area contributed by atoms with Gasteiger partial charge in [0.1, 0.15) is 18.0 Å². The second-order valence-corrected chi connectivity index (χ2v) is 8.79. The molecule has 0 aliphatic carbocycles. The third kappa shape index (κ3) is 6.67. The van der Waals surface area contributed by atoms with Crippen molar-refractivity contribution in [1.82, 2.24) is 9.80 Å². The van der Waals surface area contributed by atoms with Gasteiger partial charge in [0.05, 0.1) is 6.54 Å². The van der Waals surface area contributed by atoms with Crippen molar-refractivity contribution in [2.45, 2.75) is 65.6 Å². The lowest BCUT2D eigenvalue weighted by molar-refractivity contribution is -0.158. The lowest BCUT2D eigenvalue weighted by atomic mass is 10.1. The van der Waals surface area contributed by atoms with Gasteiger partial charge in [-0.05, 0) is 64.8 Å². The fourth-order valence-corrected chi connectivity index (χ4v) is 3.78. The van der Waals surface area contributed by atoms with Gasteiger partial charge in [-0.3, -0.25) is 14.6 Å². The largest absolute Gasteiger partial charge is 0.492 e. The maximum atomic E-state index is 12.2. The van der Waals surface area contributed by atoms with Crippen LogP contribution < -0.4 is 10.5 Å². The molecule has 28 heavy (non-hydrogen) atoms. The van der Waals surface area contributed by atoms with Gasteiger partial charge in [-0.2, -0.15) is 0 Å². The molecule has 1 heterocycles. The average molecular weight is 392 g/mol. The van der Waals surface area contributed by atoms with Crippen molar-refractivity contribution in [3.63, 3.8) is 0 Å². The number of piperazine rings is 1. The molecule has 0 bridgehead atoms. The van der Waals surface area contributed by atoms with E-state index >= 15 is 0 Å². The van der Waals surface area contributed by atoms with Crippen LogP contribution in [0.4, 0.5) is 5.69 Å². The molecule has 1 aromatic carbocycles. The van der Waals surface area contributed by atoms with Crippen LogP contribution in [0.5, 0.6) is 5.75 Å². The maximum absolute atomic E-state index is 12.2. The molecule has 0 aromatic heterocycles. The number of esters is 1. The molecular weight excluding hydrogens is 354 g/mol. The molecule has 1 aliphatic heterocycles. The van der Waals surface area contributed by atoms with Crippen LogP contribution in [0.2, 0.25) is 0 Å². The highest BCUT2D eigenvalue weighted by Gasteiger charge is 2.31. The van der Waals surface area contributed by atoms with E-state index in [4.69, 9.17) is 15.2 Å². The molecule has 1 aromatic rings. The summed E-state index contributed by atoms with van der Waals surface area (Å²) >= 11 is 0. The SMILES string of the molecule is CCc1cc(N)ccc1OCCN1C[C@@H](C)N(CC(=O)OC(C)(C)C)[C@@H](C)C1. The van der Waals surface area contributed by atoms with E-state index in [-0.39, 0.29) is 5.97 Å². The molecule has 6 nitrogen and oxygen atoms in total. The summed E-state index contributed by atoms with van der Waals surface area (Å²) in [7, 11) is 0. The zero-order valence-corrected chi connectivity index (χ0v) is 18.3. The van der Waals surface area contributed by atoms with E-state index in [1.165, 1.54) is 0 Å². The molecule has 2 N–H and O–H groups in total. The van der Waals surface area contributed by atoms with Crippen molar-refractivity contribution in [2.75, 3.05) is 38.5 Å². The van der Waals surface area contributed by atoms with E-state index in [1.54, 1.807) is 0 Å². The molecule has 1 aliphatic rings. The first-order valence-electron chi connectivity index (χ1n) is 10.3. The minimum absolute atomic E-state index is 0.154. The van der Waals surface area contributed by atoms with Gasteiger partial charge in [0.15, 0.2) is 0 Å². The molecule has 158 valence electrons. The molecule has 1 fully saturated rings. The van der Waals surface area contributed by atoms with Crippen LogP contribution in [0, 0.1) is 0 Å². The highest BCUT2D eigenvalue weighted by atomic mass is 16.6. The second-order valence-electron chi connectivity index (χ2n) is 8.79. The number of hydrogen-bond donors (Lipinski definition) is 1. The lowest BCUT2D eigenvalue weighted by Crippen LogP contribution is -2.58. The maximum Gasteiger partial charge on any atom is 0.320 e. The molecule has 0 radical (unpaired) electrons. The second kappa shape index (κ2) is 9.61. The van der Waals surface area contributed by atoms with E-state index in [1.807, 2.05) is 39.0 Å². The Balaban J connectivity index is 1.83. The van der Waals surface area contributed by atoms with Crippen LogP contribution in [0.25, 0.3) is 0 Å². The van der Waals surface area contributed by atoms with Crippen LogP contribution in [0.15, 0.2) is 18.2 Å². The van der Waals surface area contributed by atoms with Crippen molar-refractivity contribution in [2.24, 2.45) is 0 Å². The lowest BCUT2D eigenvalue weighted by Gasteiger charge is -2.44. The van der Waals surface area contributed by atoms with Gasteiger partial charge in [-0.1, -0.05) is 6.92 Å². The van der Waals surface area contributed by atoms with Gasteiger partial charge in [0.25, 0.3) is 0 Å². The topological polar surface area (TPSA) is 68.0 Å². The number of nitrogen functional groups attached to an aromatic ring is 1. The number of rotatable bonds is 7. The average Bonchev–Trinajstić information content (AvgIpc) is 2.58. The first-order valence-corrected chi connectivity index (χ1v) is 10.3. The molecule has 2 rings (SSSR count). The Morgan fingerprint density at radius 2 is 1.86 bits per heavy atom. The third-order valence-corrected chi connectivity index (χ3v) is 5.04. The molecular formula is C22H37N3O3. The van der Waals surface area contributed by atoms with Crippen molar-refractivity contribution < 1.29 is 14.3 Å². The minimum Gasteiger partial charge on any atom is -0.492 e. The van der Waals surface area contributed by atoms with Gasteiger partial charge in [0.2, 0.25) is 0 Å². The molecule has 6 heteroatoms.